The Morgan fingerprint density at radius 2 is 2.00 bits per heavy atom. The van der Waals surface area contributed by atoms with Crippen molar-refractivity contribution in [1.82, 2.24) is 4.90 Å². The molecule has 0 spiro atoms. The molecule has 2 aliphatic rings. The molecule has 2 unspecified atom stereocenters. The van der Waals surface area contributed by atoms with Gasteiger partial charge in [-0.1, -0.05) is 6.07 Å². The van der Waals surface area contributed by atoms with Crippen molar-refractivity contribution in [3.05, 3.63) is 29.3 Å². The fourth-order valence-corrected chi connectivity index (χ4v) is 3.83. The second-order valence-corrected chi connectivity index (χ2v) is 6.92. The Kier molecular flexibility index (Phi) is 4.51. The van der Waals surface area contributed by atoms with Gasteiger partial charge in [0.25, 0.3) is 0 Å². The number of nitrogens with zero attached hydrogens (tertiary/aromatic N) is 2. The summed E-state index contributed by atoms with van der Waals surface area (Å²) in [5, 5.41) is 0. The van der Waals surface area contributed by atoms with E-state index in [4.69, 9.17) is 5.73 Å². The second kappa shape index (κ2) is 6.37. The number of benzene rings is 1. The average molecular weight is 287 g/mol. The van der Waals surface area contributed by atoms with E-state index in [1.165, 1.54) is 62.3 Å². The number of rotatable bonds is 4. The molecule has 2 saturated heterocycles. The van der Waals surface area contributed by atoms with Crippen LogP contribution >= 0.6 is 0 Å². The third-order valence-corrected chi connectivity index (χ3v) is 5.05. The lowest BCUT2D eigenvalue weighted by atomic mass is 10.0. The summed E-state index contributed by atoms with van der Waals surface area (Å²) in [5.41, 5.74) is 10.1. The van der Waals surface area contributed by atoms with E-state index in [0.717, 1.165) is 12.5 Å². The Morgan fingerprint density at radius 3 is 2.67 bits per heavy atom. The summed E-state index contributed by atoms with van der Waals surface area (Å²) in [5.74, 6) is 0. The number of aryl methyl sites for hydroxylation is 1. The van der Waals surface area contributed by atoms with Gasteiger partial charge >= 0.3 is 0 Å². The third-order valence-electron chi connectivity index (χ3n) is 5.05. The average Bonchev–Trinajstić information content (AvgIpc) is 3.10. The summed E-state index contributed by atoms with van der Waals surface area (Å²) in [6.45, 7) is 9.32. The molecule has 2 fully saturated rings. The Labute approximate surface area is 129 Å². The number of hydrogen-bond donors (Lipinski definition) is 1. The first kappa shape index (κ1) is 14.9. The zero-order valence-electron chi connectivity index (χ0n) is 13.5. The number of anilines is 1. The van der Waals surface area contributed by atoms with Crippen LogP contribution in [0.1, 0.15) is 37.3 Å². The van der Waals surface area contributed by atoms with Gasteiger partial charge in [0.05, 0.1) is 0 Å². The van der Waals surface area contributed by atoms with Crippen LogP contribution in [0.5, 0.6) is 0 Å². The summed E-state index contributed by atoms with van der Waals surface area (Å²) in [6, 6.07) is 7.93. The van der Waals surface area contributed by atoms with Gasteiger partial charge in [-0.05, 0) is 75.9 Å². The molecule has 2 N–H and O–H groups in total. The molecule has 116 valence electrons. The highest BCUT2D eigenvalue weighted by Gasteiger charge is 2.29. The topological polar surface area (TPSA) is 32.5 Å². The molecule has 0 aromatic heterocycles. The van der Waals surface area contributed by atoms with Crippen molar-refractivity contribution in [2.45, 2.75) is 51.6 Å². The zero-order valence-corrected chi connectivity index (χ0v) is 13.5. The van der Waals surface area contributed by atoms with Crippen LogP contribution in [0.2, 0.25) is 0 Å². The van der Waals surface area contributed by atoms with E-state index in [9.17, 15) is 0 Å². The molecule has 2 atom stereocenters. The van der Waals surface area contributed by atoms with Crippen molar-refractivity contribution in [3.63, 3.8) is 0 Å². The van der Waals surface area contributed by atoms with Gasteiger partial charge in [-0.2, -0.15) is 0 Å². The molecule has 1 aromatic rings. The fourth-order valence-electron chi connectivity index (χ4n) is 3.83. The molecule has 0 amide bonds. The Morgan fingerprint density at radius 1 is 1.24 bits per heavy atom. The third kappa shape index (κ3) is 3.41. The van der Waals surface area contributed by atoms with Crippen molar-refractivity contribution >= 4 is 5.69 Å². The van der Waals surface area contributed by atoms with E-state index in [0.29, 0.717) is 0 Å². The maximum atomic E-state index is 5.93. The number of likely N-dealkylation sites (tertiary alicyclic amines) is 1. The monoisotopic (exact) mass is 287 g/mol. The highest BCUT2D eigenvalue weighted by molar-refractivity contribution is 5.52. The van der Waals surface area contributed by atoms with Crippen molar-refractivity contribution in [2.75, 3.05) is 31.1 Å². The standard InChI is InChI=1S/C18H29N3/c1-14-11-17(6-5-16(14)12-15(2)19)21-10-7-18(13-21)20-8-3-4-9-20/h5-6,11,15,18H,3-4,7-10,12-13,19H2,1-2H3. The molecule has 0 saturated carbocycles. The summed E-state index contributed by atoms with van der Waals surface area (Å²) < 4.78 is 0. The van der Waals surface area contributed by atoms with Crippen LogP contribution < -0.4 is 10.6 Å². The van der Waals surface area contributed by atoms with E-state index in [1.54, 1.807) is 0 Å². The largest absolute Gasteiger partial charge is 0.370 e. The predicted molar refractivity (Wildman–Crippen MR) is 90.0 cm³/mol. The molecule has 1 aromatic carbocycles. The van der Waals surface area contributed by atoms with Gasteiger partial charge in [-0.15, -0.1) is 0 Å². The van der Waals surface area contributed by atoms with Crippen LogP contribution in [0, 0.1) is 6.92 Å². The van der Waals surface area contributed by atoms with E-state index in [2.05, 4.69) is 41.8 Å². The first-order chi connectivity index (χ1) is 10.1. The molecule has 3 heteroatoms. The lowest BCUT2D eigenvalue weighted by molar-refractivity contribution is 0.260. The van der Waals surface area contributed by atoms with Gasteiger partial charge in [-0.3, -0.25) is 4.90 Å². The SMILES string of the molecule is Cc1cc(N2CCC(N3CCCC3)C2)ccc1CC(C)N. The van der Waals surface area contributed by atoms with Gasteiger partial charge in [0.2, 0.25) is 0 Å². The molecule has 0 bridgehead atoms. The maximum Gasteiger partial charge on any atom is 0.0369 e. The van der Waals surface area contributed by atoms with Gasteiger partial charge < -0.3 is 10.6 Å². The predicted octanol–water partition coefficient (Wildman–Crippen LogP) is 2.56. The summed E-state index contributed by atoms with van der Waals surface area (Å²) in [7, 11) is 0. The van der Waals surface area contributed by atoms with E-state index in [-0.39, 0.29) is 6.04 Å². The lowest BCUT2D eigenvalue weighted by Crippen LogP contribution is -2.35. The minimum Gasteiger partial charge on any atom is -0.370 e. The highest BCUT2D eigenvalue weighted by atomic mass is 15.3. The van der Waals surface area contributed by atoms with E-state index in [1.807, 2.05) is 0 Å². The normalized spacial score (nSPS) is 24.7. The van der Waals surface area contributed by atoms with Gasteiger partial charge in [-0.25, -0.2) is 0 Å². The van der Waals surface area contributed by atoms with E-state index >= 15 is 0 Å². The number of nitrogens with two attached hydrogens (primary N) is 1. The van der Waals surface area contributed by atoms with Crippen LogP contribution in [0.4, 0.5) is 5.69 Å². The lowest BCUT2D eigenvalue weighted by Gasteiger charge is -2.25. The van der Waals surface area contributed by atoms with Crippen molar-refractivity contribution in [1.29, 1.82) is 0 Å². The number of hydrogen-bond acceptors (Lipinski definition) is 3. The Balaban J connectivity index is 1.66. The van der Waals surface area contributed by atoms with Crippen LogP contribution in [0.3, 0.4) is 0 Å². The van der Waals surface area contributed by atoms with Gasteiger partial charge in [0.1, 0.15) is 0 Å². The summed E-state index contributed by atoms with van der Waals surface area (Å²) in [6.07, 6.45) is 5.08. The van der Waals surface area contributed by atoms with Crippen molar-refractivity contribution in [3.8, 4) is 0 Å². The summed E-state index contributed by atoms with van der Waals surface area (Å²) >= 11 is 0. The van der Waals surface area contributed by atoms with Gasteiger partial charge in [0.15, 0.2) is 0 Å². The molecular formula is C18H29N3. The molecular weight excluding hydrogens is 258 g/mol. The zero-order chi connectivity index (χ0) is 14.8. The minimum absolute atomic E-state index is 0.237. The molecule has 21 heavy (non-hydrogen) atoms. The van der Waals surface area contributed by atoms with Crippen LogP contribution in [0.15, 0.2) is 18.2 Å². The van der Waals surface area contributed by atoms with Gasteiger partial charge in [0, 0.05) is 30.9 Å². The second-order valence-electron chi connectivity index (χ2n) is 6.92. The van der Waals surface area contributed by atoms with Crippen LogP contribution in [0.25, 0.3) is 0 Å². The van der Waals surface area contributed by atoms with Crippen LogP contribution in [-0.2, 0) is 6.42 Å². The molecule has 2 aliphatic heterocycles. The van der Waals surface area contributed by atoms with Crippen molar-refractivity contribution < 1.29 is 0 Å². The smallest absolute Gasteiger partial charge is 0.0369 e. The minimum atomic E-state index is 0.237. The quantitative estimate of drug-likeness (QED) is 0.924. The highest BCUT2D eigenvalue weighted by Crippen LogP contribution is 2.27. The molecule has 3 nitrogen and oxygen atoms in total. The molecule has 0 aliphatic carbocycles. The summed E-state index contributed by atoms with van der Waals surface area (Å²) in [4.78, 5) is 5.25. The van der Waals surface area contributed by atoms with E-state index < -0.39 is 0 Å². The molecule has 3 rings (SSSR count). The maximum absolute atomic E-state index is 5.93. The van der Waals surface area contributed by atoms with Crippen molar-refractivity contribution in [2.24, 2.45) is 5.73 Å². The van der Waals surface area contributed by atoms with Crippen LogP contribution in [-0.4, -0.2) is 43.2 Å². The molecule has 0 radical (unpaired) electrons. The first-order valence-electron chi connectivity index (χ1n) is 8.47. The molecule has 2 heterocycles. The Bertz CT molecular complexity index is 477. The Hall–Kier alpha value is -1.06. The first-order valence-corrected chi connectivity index (χ1v) is 8.47. The fraction of sp³-hybridized carbons (Fsp3) is 0.667.